The van der Waals surface area contributed by atoms with Crippen molar-refractivity contribution < 1.29 is 19.4 Å². The molecule has 0 aromatic heterocycles. The maximum Gasteiger partial charge on any atom is 0.337 e. The van der Waals surface area contributed by atoms with Crippen molar-refractivity contribution in [2.24, 2.45) is 0 Å². The Hall–Kier alpha value is -3.79. The zero-order chi connectivity index (χ0) is 21.1. The van der Waals surface area contributed by atoms with Crippen molar-refractivity contribution in [2.45, 2.75) is 19.1 Å². The standard InChI is InChI=1S/C19H18N4O6/c1-11-16(19(24)29-2)17(12-5-3-7-14(9-12)22(25)26)21-18(20-11)13-6-4-8-15(10-13)23(27)28/h3-10,17-18,20-21H,1-2H3/t17-,18-/m1/s1. The monoisotopic (exact) mass is 398 g/mol. The van der Waals surface area contributed by atoms with E-state index in [-0.39, 0.29) is 16.9 Å². The number of ether oxygens (including phenoxy) is 1. The van der Waals surface area contributed by atoms with Crippen molar-refractivity contribution in [1.82, 2.24) is 10.6 Å². The molecule has 2 aromatic rings. The molecule has 0 spiro atoms. The van der Waals surface area contributed by atoms with Crippen LogP contribution in [0.1, 0.15) is 30.3 Å². The van der Waals surface area contributed by atoms with Crippen LogP contribution in [0.3, 0.4) is 0 Å². The van der Waals surface area contributed by atoms with E-state index >= 15 is 0 Å². The maximum absolute atomic E-state index is 12.4. The van der Waals surface area contributed by atoms with Crippen LogP contribution in [0.5, 0.6) is 0 Å². The van der Waals surface area contributed by atoms with Gasteiger partial charge in [-0.25, -0.2) is 4.79 Å². The van der Waals surface area contributed by atoms with E-state index in [0.717, 1.165) is 0 Å². The van der Waals surface area contributed by atoms with E-state index in [1.165, 1.54) is 37.4 Å². The SMILES string of the molecule is COC(=O)C1=C(C)N[C@@H](c2cccc([N+](=O)[O-])c2)N[C@@H]1c1cccc([N+](=O)[O-])c1. The molecule has 1 aliphatic heterocycles. The molecule has 0 aliphatic carbocycles. The number of nitro benzene ring substituents is 2. The van der Waals surface area contributed by atoms with Gasteiger partial charge in [-0.3, -0.25) is 25.5 Å². The van der Waals surface area contributed by atoms with Crippen molar-refractivity contribution in [3.8, 4) is 0 Å². The Balaban J connectivity index is 2.07. The normalized spacial score (nSPS) is 18.7. The first kappa shape index (κ1) is 20.0. The number of nitro groups is 2. The summed E-state index contributed by atoms with van der Waals surface area (Å²) in [5.74, 6) is -0.587. The third-order valence-electron chi connectivity index (χ3n) is 4.62. The Morgan fingerprint density at radius 1 is 1.00 bits per heavy atom. The number of esters is 1. The molecule has 3 rings (SSSR count). The number of hydrogen-bond acceptors (Lipinski definition) is 8. The summed E-state index contributed by atoms with van der Waals surface area (Å²) in [7, 11) is 1.25. The fraction of sp³-hybridized carbons (Fsp3) is 0.211. The van der Waals surface area contributed by atoms with Crippen LogP contribution in [-0.4, -0.2) is 22.9 Å². The third kappa shape index (κ3) is 4.06. The molecular formula is C19H18N4O6. The van der Waals surface area contributed by atoms with Gasteiger partial charge in [0.05, 0.1) is 28.6 Å². The number of allylic oxidation sites excluding steroid dienone is 1. The lowest BCUT2D eigenvalue weighted by atomic mass is 9.93. The number of methoxy groups -OCH3 is 1. The van der Waals surface area contributed by atoms with Gasteiger partial charge in [-0.05, 0) is 18.1 Å². The molecule has 0 saturated carbocycles. The van der Waals surface area contributed by atoms with Gasteiger partial charge in [-0.1, -0.05) is 24.3 Å². The summed E-state index contributed by atoms with van der Waals surface area (Å²) in [6.45, 7) is 1.68. The lowest BCUT2D eigenvalue weighted by Gasteiger charge is -2.35. The first-order chi connectivity index (χ1) is 13.8. The molecule has 150 valence electrons. The molecule has 0 radical (unpaired) electrons. The highest BCUT2D eigenvalue weighted by molar-refractivity contribution is 5.91. The fourth-order valence-electron chi connectivity index (χ4n) is 3.26. The molecule has 0 bridgehead atoms. The average molecular weight is 398 g/mol. The molecule has 29 heavy (non-hydrogen) atoms. The second-order valence-electron chi connectivity index (χ2n) is 6.41. The molecular weight excluding hydrogens is 380 g/mol. The van der Waals surface area contributed by atoms with E-state index in [4.69, 9.17) is 4.74 Å². The molecule has 1 aliphatic rings. The minimum absolute atomic E-state index is 0.0709. The highest BCUT2D eigenvalue weighted by Gasteiger charge is 2.34. The van der Waals surface area contributed by atoms with Crippen molar-refractivity contribution in [3.63, 3.8) is 0 Å². The molecule has 10 nitrogen and oxygen atoms in total. The largest absolute Gasteiger partial charge is 0.466 e. The van der Waals surface area contributed by atoms with E-state index in [1.807, 2.05) is 0 Å². The van der Waals surface area contributed by atoms with E-state index in [1.54, 1.807) is 25.1 Å². The molecule has 2 N–H and O–H groups in total. The van der Waals surface area contributed by atoms with Crippen LogP contribution in [0, 0.1) is 20.2 Å². The Kier molecular flexibility index (Phi) is 5.55. The number of non-ortho nitro benzene ring substituents is 2. The molecule has 0 unspecified atom stereocenters. The minimum Gasteiger partial charge on any atom is -0.466 e. The van der Waals surface area contributed by atoms with Gasteiger partial charge in [0, 0.05) is 30.0 Å². The number of benzene rings is 2. The second-order valence-corrected chi connectivity index (χ2v) is 6.41. The molecule has 2 aromatic carbocycles. The van der Waals surface area contributed by atoms with Gasteiger partial charge in [0.25, 0.3) is 11.4 Å². The van der Waals surface area contributed by atoms with Gasteiger partial charge < -0.3 is 10.1 Å². The van der Waals surface area contributed by atoms with Gasteiger partial charge in [-0.2, -0.15) is 0 Å². The smallest absolute Gasteiger partial charge is 0.337 e. The summed E-state index contributed by atoms with van der Waals surface area (Å²) in [6, 6.07) is 11.3. The molecule has 0 fully saturated rings. The fourth-order valence-corrected chi connectivity index (χ4v) is 3.26. The van der Waals surface area contributed by atoms with Crippen LogP contribution >= 0.6 is 0 Å². The number of hydrogen-bond donors (Lipinski definition) is 2. The summed E-state index contributed by atoms with van der Waals surface area (Å²) >= 11 is 0. The summed E-state index contributed by atoms with van der Waals surface area (Å²) < 4.78 is 4.88. The van der Waals surface area contributed by atoms with Crippen molar-refractivity contribution >= 4 is 17.3 Å². The summed E-state index contributed by atoms with van der Waals surface area (Å²) in [4.78, 5) is 33.6. The van der Waals surface area contributed by atoms with Crippen LogP contribution in [0.15, 0.2) is 59.8 Å². The Labute approximate surface area is 165 Å². The van der Waals surface area contributed by atoms with Gasteiger partial charge >= 0.3 is 5.97 Å². The topological polar surface area (TPSA) is 137 Å². The number of carbonyl (C=O) groups excluding carboxylic acids is 1. The van der Waals surface area contributed by atoms with Crippen LogP contribution in [0.25, 0.3) is 0 Å². The predicted octanol–water partition coefficient (Wildman–Crippen LogP) is 2.88. The lowest BCUT2D eigenvalue weighted by molar-refractivity contribution is -0.385. The van der Waals surface area contributed by atoms with Crippen molar-refractivity contribution in [1.29, 1.82) is 0 Å². The molecule has 0 saturated heterocycles. The predicted molar refractivity (Wildman–Crippen MR) is 103 cm³/mol. The van der Waals surface area contributed by atoms with Crippen LogP contribution in [-0.2, 0) is 9.53 Å². The first-order valence-electron chi connectivity index (χ1n) is 8.62. The maximum atomic E-state index is 12.4. The zero-order valence-corrected chi connectivity index (χ0v) is 15.6. The van der Waals surface area contributed by atoms with Gasteiger partial charge in [0.1, 0.15) is 6.17 Å². The first-order valence-corrected chi connectivity index (χ1v) is 8.62. The number of nitrogens with one attached hydrogen (secondary N) is 2. The van der Waals surface area contributed by atoms with E-state index in [2.05, 4.69) is 10.6 Å². The van der Waals surface area contributed by atoms with Crippen LogP contribution in [0.2, 0.25) is 0 Å². The van der Waals surface area contributed by atoms with E-state index < -0.39 is 28.0 Å². The van der Waals surface area contributed by atoms with Crippen molar-refractivity contribution in [3.05, 3.63) is 91.2 Å². The Morgan fingerprint density at radius 2 is 1.55 bits per heavy atom. The van der Waals surface area contributed by atoms with Crippen LogP contribution < -0.4 is 10.6 Å². The highest BCUT2D eigenvalue weighted by Crippen LogP contribution is 2.34. The summed E-state index contributed by atoms with van der Waals surface area (Å²) in [6.07, 6.45) is -0.562. The quantitative estimate of drug-likeness (QED) is 0.446. The molecule has 10 heteroatoms. The zero-order valence-electron chi connectivity index (χ0n) is 15.6. The van der Waals surface area contributed by atoms with Gasteiger partial charge in [-0.15, -0.1) is 0 Å². The number of carbonyl (C=O) groups is 1. The lowest BCUT2D eigenvalue weighted by Crippen LogP contribution is -2.44. The minimum atomic E-state index is -0.715. The summed E-state index contributed by atoms with van der Waals surface area (Å²) in [5, 5.41) is 28.6. The van der Waals surface area contributed by atoms with Gasteiger partial charge in [0.15, 0.2) is 0 Å². The number of nitrogens with zero attached hydrogens (tertiary/aromatic N) is 2. The van der Waals surface area contributed by atoms with E-state index in [0.29, 0.717) is 16.8 Å². The van der Waals surface area contributed by atoms with Gasteiger partial charge in [0.2, 0.25) is 0 Å². The molecule has 2 atom stereocenters. The molecule has 0 amide bonds. The second kappa shape index (κ2) is 8.07. The third-order valence-corrected chi connectivity index (χ3v) is 4.62. The Bertz CT molecular complexity index is 1020. The Morgan fingerprint density at radius 3 is 2.10 bits per heavy atom. The highest BCUT2D eigenvalue weighted by atomic mass is 16.6. The average Bonchev–Trinajstić information content (AvgIpc) is 2.72. The molecule has 1 heterocycles. The van der Waals surface area contributed by atoms with E-state index in [9.17, 15) is 25.0 Å². The number of rotatable bonds is 5. The van der Waals surface area contributed by atoms with Crippen molar-refractivity contribution in [2.75, 3.05) is 7.11 Å². The summed E-state index contributed by atoms with van der Waals surface area (Å²) in [5.41, 5.74) is 1.67. The van der Waals surface area contributed by atoms with Crippen LogP contribution in [0.4, 0.5) is 11.4 Å².